The molecule has 3 heteroatoms. The molecular formula is C15H24N2O. The van der Waals surface area contributed by atoms with Gasteiger partial charge in [0.2, 0.25) is 0 Å². The standard InChI is InChI=1S/C15H24N2O/c1-10-4-7-15(18-10)11(2)17(3)14-8-12-5-6-13(9-14)16-12/h4,7,11-14,16H,5-6,8-9H2,1-3H3. The van der Waals surface area contributed by atoms with Crippen molar-refractivity contribution in [1.82, 2.24) is 10.2 Å². The Morgan fingerprint density at radius 2 is 1.94 bits per heavy atom. The van der Waals surface area contributed by atoms with E-state index in [2.05, 4.69) is 36.3 Å². The van der Waals surface area contributed by atoms with E-state index in [0.29, 0.717) is 12.1 Å². The SMILES string of the molecule is Cc1ccc(C(C)N(C)C2CC3CCC(C2)N3)o1. The molecule has 2 aliphatic rings. The van der Waals surface area contributed by atoms with Crippen LogP contribution in [0.1, 0.15) is 50.2 Å². The zero-order valence-corrected chi connectivity index (χ0v) is 11.6. The van der Waals surface area contributed by atoms with Crippen molar-refractivity contribution in [2.24, 2.45) is 0 Å². The Bertz CT molecular complexity index is 402. The lowest BCUT2D eigenvalue weighted by Crippen LogP contribution is -2.47. The number of rotatable bonds is 3. The van der Waals surface area contributed by atoms with Crippen molar-refractivity contribution in [3.05, 3.63) is 23.7 Å². The van der Waals surface area contributed by atoms with Gasteiger partial charge in [0, 0.05) is 18.1 Å². The van der Waals surface area contributed by atoms with Crippen LogP contribution in [0.15, 0.2) is 16.5 Å². The summed E-state index contributed by atoms with van der Waals surface area (Å²) >= 11 is 0. The number of nitrogens with one attached hydrogen (secondary N) is 1. The predicted octanol–water partition coefficient (Wildman–Crippen LogP) is 2.86. The minimum atomic E-state index is 0.376. The van der Waals surface area contributed by atoms with Crippen LogP contribution < -0.4 is 5.32 Å². The summed E-state index contributed by atoms with van der Waals surface area (Å²) in [5.74, 6) is 2.11. The summed E-state index contributed by atoms with van der Waals surface area (Å²) in [6, 6.07) is 6.76. The fourth-order valence-corrected chi connectivity index (χ4v) is 3.55. The second-order valence-electron chi connectivity index (χ2n) is 6.05. The minimum Gasteiger partial charge on any atom is -0.465 e. The number of hydrogen-bond donors (Lipinski definition) is 1. The summed E-state index contributed by atoms with van der Waals surface area (Å²) in [6.07, 6.45) is 5.31. The molecule has 0 spiro atoms. The van der Waals surface area contributed by atoms with Gasteiger partial charge in [-0.25, -0.2) is 0 Å². The van der Waals surface area contributed by atoms with Gasteiger partial charge in [-0.1, -0.05) is 0 Å². The van der Waals surface area contributed by atoms with Gasteiger partial charge in [-0.2, -0.15) is 0 Å². The molecular weight excluding hydrogens is 224 g/mol. The number of piperidine rings is 1. The molecule has 1 aromatic rings. The van der Waals surface area contributed by atoms with E-state index in [9.17, 15) is 0 Å². The van der Waals surface area contributed by atoms with Crippen LogP contribution in [0.4, 0.5) is 0 Å². The number of furan rings is 1. The molecule has 1 N–H and O–H groups in total. The average Bonchev–Trinajstić information content (AvgIpc) is 2.94. The van der Waals surface area contributed by atoms with Crippen molar-refractivity contribution in [3.63, 3.8) is 0 Å². The van der Waals surface area contributed by atoms with Crippen LogP contribution >= 0.6 is 0 Å². The van der Waals surface area contributed by atoms with Crippen LogP contribution in [-0.4, -0.2) is 30.1 Å². The summed E-state index contributed by atoms with van der Waals surface area (Å²) in [7, 11) is 2.25. The van der Waals surface area contributed by atoms with Gasteiger partial charge in [0.05, 0.1) is 6.04 Å². The maximum Gasteiger partial charge on any atom is 0.121 e. The highest BCUT2D eigenvalue weighted by Crippen LogP contribution is 2.33. The van der Waals surface area contributed by atoms with Crippen LogP contribution in [0.3, 0.4) is 0 Å². The first-order valence-corrected chi connectivity index (χ1v) is 7.18. The molecule has 18 heavy (non-hydrogen) atoms. The van der Waals surface area contributed by atoms with E-state index in [1.165, 1.54) is 25.7 Å². The van der Waals surface area contributed by atoms with Crippen molar-refractivity contribution in [2.45, 2.75) is 63.7 Å². The third kappa shape index (κ3) is 2.21. The zero-order chi connectivity index (χ0) is 12.7. The number of fused-ring (bicyclic) bond motifs is 2. The van der Waals surface area contributed by atoms with Crippen molar-refractivity contribution < 1.29 is 4.42 Å². The fraction of sp³-hybridized carbons (Fsp3) is 0.733. The van der Waals surface area contributed by atoms with Crippen LogP contribution in [-0.2, 0) is 0 Å². The van der Waals surface area contributed by atoms with E-state index in [1.54, 1.807) is 0 Å². The second kappa shape index (κ2) is 4.71. The summed E-state index contributed by atoms with van der Waals surface area (Å²) in [5.41, 5.74) is 0. The normalized spacial score (nSPS) is 33.0. The summed E-state index contributed by atoms with van der Waals surface area (Å²) in [4.78, 5) is 2.50. The third-order valence-electron chi connectivity index (χ3n) is 4.81. The summed E-state index contributed by atoms with van der Waals surface area (Å²) < 4.78 is 5.77. The molecule has 3 unspecified atom stereocenters. The number of hydrogen-bond acceptors (Lipinski definition) is 3. The molecule has 3 rings (SSSR count). The molecule has 1 aromatic heterocycles. The summed E-state index contributed by atoms with van der Waals surface area (Å²) in [5, 5.41) is 3.71. The van der Waals surface area contributed by atoms with Crippen LogP contribution in [0.2, 0.25) is 0 Å². The molecule has 0 aromatic carbocycles. The van der Waals surface area contributed by atoms with Crippen LogP contribution in [0.5, 0.6) is 0 Å². The first-order valence-electron chi connectivity index (χ1n) is 7.18. The van der Waals surface area contributed by atoms with E-state index in [-0.39, 0.29) is 0 Å². The van der Waals surface area contributed by atoms with Gasteiger partial charge in [0.15, 0.2) is 0 Å². The first kappa shape index (κ1) is 12.2. The Labute approximate surface area is 110 Å². The quantitative estimate of drug-likeness (QED) is 0.891. The fourth-order valence-electron chi connectivity index (χ4n) is 3.55. The number of nitrogens with zero attached hydrogens (tertiary/aromatic N) is 1. The zero-order valence-electron chi connectivity index (χ0n) is 11.6. The van der Waals surface area contributed by atoms with E-state index in [0.717, 1.165) is 23.6 Å². The smallest absolute Gasteiger partial charge is 0.121 e. The van der Waals surface area contributed by atoms with Gasteiger partial charge in [0.1, 0.15) is 11.5 Å². The lowest BCUT2D eigenvalue weighted by molar-refractivity contribution is 0.120. The molecule has 0 aliphatic carbocycles. The van der Waals surface area contributed by atoms with E-state index >= 15 is 0 Å². The largest absolute Gasteiger partial charge is 0.465 e. The van der Waals surface area contributed by atoms with Gasteiger partial charge in [0.25, 0.3) is 0 Å². The Morgan fingerprint density at radius 1 is 1.28 bits per heavy atom. The van der Waals surface area contributed by atoms with Gasteiger partial charge in [-0.3, -0.25) is 4.90 Å². The highest BCUT2D eigenvalue weighted by molar-refractivity contribution is 5.10. The average molecular weight is 248 g/mol. The molecule has 3 nitrogen and oxygen atoms in total. The first-order chi connectivity index (χ1) is 8.63. The van der Waals surface area contributed by atoms with E-state index in [1.807, 2.05) is 6.92 Å². The maximum absolute atomic E-state index is 5.77. The number of aryl methyl sites for hydroxylation is 1. The molecule has 2 fully saturated rings. The lowest BCUT2D eigenvalue weighted by atomic mass is 9.97. The van der Waals surface area contributed by atoms with E-state index in [4.69, 9.17) is 4.42 Å². The third-order valence-corrected chi connectivity index (χ3v) is 4.81. The molecule has 0 radical (unpaired) electrons. The van der Waals surface area contributed by atoms with Gasteiger partial charge in [-0.05, 0) is 58.7 Å². The maximum atomic E-state index is 5.77. The molecule has 2 aliphatic heterocycles. The second-order valence-corrected chi connectivity index (χ2v) is 6.05. The van der Waals surface area contributed by atoms with Crippen molar-refractivity contribution in [2.75, 3.05) is 7.05 Å². The monoisotopic (exact) mass is 248 g/mol. The van der Waals surface area contributed by atoms with Crippen LogP contribution in [0.25, 0.3) is 0 Å². The van der Waals surface area contributed by atoms with Crippen molar-refractivity contribution in [1.29, 1.82) is 0 Å². The lowest BCUT2D eigenvalue weighted by Gasteiger charge is -2.38. The minimum absolute atomic E-state index is 0.376. The van der Waals surface area contributed by atoms with Gasteiger partial charge < -0.3 is 9.73 Å². The Morgan fingerprint density at radius 3 is 2.50 bits per heavy atom. The van der Waals surface area contributed by atoms with Gasteiger partial charge >= 0.3 is 0 Å². The van der Waals surface area contributed by atoms with Gasteiger partial charge in [-0.15, -0.1) is 0 Å². The van der Waals surface area contributed by atoms with E-state index < -0.39 is 0 Å². The molecule has 2 bridgehead atoms. The predicted molar refractivity (Wildman–Crippen MR) is 72.6 cm³/mol. The Kier molecular flexibility index (Phi) is 3.20. The molecule has 2 saturated heterocycles. The summed E-state index contributed by atoms with van der Waals surface area (Å²) in [6.45, 7) is 4.27. The van der Waals surface area contributed by atoms with Crippen molar-refractivity contribution in [3.8, 4) is 0 Å². The Hall–Kier alpha value is -0.800. The van der Waals surface area contributed by atoms with Crippen LogP contribution in [0, 0.1) is 6.92 Å². The molecule has 0 amide bonds. The van der Waals surface area contributed by atoms with Crippen molar-refractivity contribution >= 4 is 0 Å². The molecule has 100 valence electrons. The topological polar surface area (TPSA) is 28.4 Å². The highest BCUT2D eigenvalue weighted by atomic mass is 16.3. The Balaban J connectivity index is 1.68. The highest BCUT2D eigenvalue weighted by Gasteiger charge is 2.36. The molecule has 0 saturated carbocycles. The molecule has 3 atom stereocenters. The molecule has 3 heterocycles.